The summed E-state index contributed by atoms with van der Waals surface area (Å²) in [6.45, 7) is 3.38. The molecule has 1 amide bonds. The number of aliphatic carboxylic acids is 1. The molecule has 0 aliphatic heterocycles. The van der Waals surface area contributed by atoms with Gasteiger partial charge in [0.15, 0.2) is 0 Å². The Bertz CT molecular complexity index is 500. The van der Waals surface area contributed by atoms with Gasteiger partial charge in [-0.15, -0.1) is 0 Å². The summed E-state index contributed by atoms with van der Waals surface area (Å²) in [7, 11) is 0. The zero-order chi connectivity index (χ0) is 16.2. The van der Waals surface area contributed by atoms with Gasteiger partial charge in [-0.3, -0.25) is 4.79 Å². The first-order chi connectivity index (χ1) is 9.64. The largest absolute Gasteiger partial charge is 0.480 e. The highest BCUT2D eigenvalue weighted by Crippen LogP contribution is 2.29. The molecule has 0 spiro atoms. The van der Waals surface area contributed by atoms with Crippen LogP contribution in [0.2, 0.25) is 0 Å². The van der Waals surface area contributed by atoms with Crippen LogP contribution in [0.15, 0.2) is 30.3 Å². The number of hydrogen-bond donors (Lipinski definition) is 2. The Labute approximate surface area is 120 Å². The fourth-order valence-electron chi connectivity index (χ4n) is 2.17. The van der Waals surface area contributed by atoms with Crippen molar-refractivity contribution in [3.05, 3.63) is 35.9 Å². The molecule has 0 aromatic heterocycles. The maximum absolute atomic E-state index is 12.3. The zero-order valence-corrected chi connectivity index (χ0v) is 11.5. The van der Waals surface area contributed by atoms with E-state index in [-0.39, 0.29) is 5.92 Å². The molecule has 0 bridgehead atoms. The Kier molecular flexibility index (Phi) is 5.34. The number of halogens is 3. The molecule has 7 heteroatoms. The SMILES string of the molecule is CC(C)C(c1ccccc1)C(NC(=O)C(F)(F)F)C(=O)O. The van der Waals surface area contributed by atoms with Crippen molar-refractivity contribution < 1.29 is 27.9 Å². The molecule has 0 saturated carbocycles. The molecule has 4 nitrogen and oxygen atoms in total. The van der Waals surface area contributed by atoms with Gasteiger partial charge in [-0.2, -0.15) is 13.2 Å². The number of hydrogen-bond acceptors (Lipinski definition) is 2. The van der Waals surface area contributed by atoms with E-state index in [2.05, 4.69) is 0 Å². The molecule has 116 valence electrons. The van der Waals surface area contributed by atoms with E-state index in [0.717, 1.165) is 0 Å². The Hall–Kier alpha value is -2.05. The predicted octanol–water partition coefficient (Wildman–Crippen LogP) is 2.56. The number of carboxylic acid groups (broad SMARTS) is 1. The van der Waals surface area contributed by atoms with Crippen LogP contribution < -0.4 is 5.32 Å². The summed E-state index contributed by atoms with van der Waals surface area (Å²) >= 11 is 0. The summed E-state index contributed by atoms with van der Waals surface area (Å²) in [6.07, 6.45) is -5.12. The summed E-state index contributed by atoms with van der Waals surface area (Å²) < 4.78 is 37.0. The van der Waals surface area contributed by atoms with Gasteiger partial charge in [-0.05, 0) is 11.5 Å². The van der Waals surface area contributed by atoms with Crippen LogP contribution in [0.1, 0.15) is 25.3 Å². The van der Waals surface area contributed by atoms with Crippen LogP contribution in [0.3, 0.4) is 0 Å². The maximum atomic E-state index is 12.3. The van der Waals surface area contributed by atoms with Crippen molar-refractivity contribution in [2.75, 3.05) is 0 Å². The summed E-state index contributed by atoms with van der Waals surface area (Å²) in [6, 6.07) is 6.64. The molecule has 0 heterocycles. The number of carboxylic acids is 1. The summed E-state index contributed by atoms with van der Waals surface area (Å²) in [5, 5.41) is 10.8. The number of alkyl halides is 3. The van der Waals surface area contributed by atoms with E-state index in [1.807, 2.05) is 0 Å². The van der Waals surface area contributed by atoms with E-state index in [1.54, 1.807) is 49.5 Å². The highest BCUT2D eigenvalue weighted by Gasteiger charge is 2.43. The molecule has 2 N–H and O–H groups in total. The van der Waals surface area contributed by atoms with Crippen molar-refractivity contribution in [1.29, 1.82) is 0 Å². The second kappa shape index (κ2) is 6.60. The average molecular weight is 303 g/mol. The van der Waals surface area contributed by atoms with Gasteiger partial charge in [0.1, 0.15) is 6.04 Å². The molecule has 1 rings (SSSR count). The van der Waals surface area contributed by atoms with Crippen molar-refractivity contribution in [2.24, 2.45) is 5.92 Å². The van der Waals surface area contributed by atoms with Crippen LogP contribution >= 0.6 is 0 Å². The Morgan fingerprint density at radius 2 is 1.67 bits per heavy atom. The van der Waals surface area contributed by atoms with Gasteiger partial charge in [-0.25, -0.2) is 4.79 Å². The third kappa shape index (κ3) is 4.47. The highest BCUT2D eigenvalue weighted by molar-refractivity contribution is 5.87. The van der Waals surface area contributed by atoms with Gasteiger partial charge in [0, 0.05) is 5.92 Å². The van der Waals surface area contributed by atoms with E-state index in [1.165, 1.54) is 0 Å². The lowest BCUT2D eigenvalue weighted by Crippen LogP contribution is -2.50. The van der Waals surface area contributed by atoms with Gasteiger partial charge in [0.25, 0.3) is 0 Å². The van der Waals surface area contributed by atoms with Crippen molar-refractivity contribution in [3.8, 4) is 0 Å². The van der Waals surface area contributed by atoms with Crippen LogP contribution in [-0.4, -0.2) is 29.2 Å². The summed E-state index contributed by atoms with van der Waals surface area (Å²) in [5.41, 5.74) is 0.558. The molecule has 2 atom stereocenters. The molecule has 1 aromatic carbocycles. The smallest absolute Gasteiger partial charge is 0.471 e. The standard InChI is InChI=1S/C14H16F3NO3/c1-8(2)10(9-6-4-3-5-7-9)11(12(19)20)18-13(21)14(15,16)17/h3-8,10-11H,1-2H3,(H,18,21)(H,19,20). The Morgan fingerprint density at radius 3 is 2.05 bits per heavy atom. The average Bonchev–Trinajstić information content (AvgIpc) is 2.37. The lowest BCUT2D eigenvalue weighted by atomic mass is 9.82. The number of amides is 1. The maximum Gasteiger partial charge on any atom is 0.471 e. The van der Waals surface area contributed by atoms with E-state index >= 15 is 0 Å². The topological polar surface area (TPSA) is 66.4 Å². The number of carbonyl (C=O) groups is 2. The quantitative estimate of drug-likeness (QED) is 0.878. The molecular weight excluding hydrogens is 287 g/mol. The summed E-state index contributed by atoms with van der Waals surface area (Å²) in [5.74, 6) is -4.80. The van der Waals surface area contributed by atoms with Gasteiger partial charge < -0.3 is 10.4 Å². The monoisotopic (exact) mass is 303 g/mol. The van der Waals surface area contributed by atoms with E-state index in [0.29, 0.717) is 5.56 Å². The Morgan fingerprint density at radius 1 is 1.14 bits per heavy atom. The number of carbonyl (C=O) groups excluding carboxylic acids is 1. The second-order valence-corrected chi connectivity index (χ2v) is 4.97. The third-order valence-corrected chi connectivity index (χ3v) is 3.07. The van der Waals surface area contributed by atoms with Crippen LogP contribution in [-0.2, 0) is 9.59 Å². The number of rotatable bonds is 5. The zero-order valence-electron chi connectivity index (χ0n) is 11.5. The van der Waals surface area contributed by atoms with Crippen LogP contribution in [0.25, 0.3) is 0 Å². The first kappa shape index (κ1) is 17.0. The molecule has 0 saturated heterocycles. The molecule has 0 aliphatic rings. The summed E-state index contributed by atoms with van der Waals surface area (Å²) in [4.78, 5) is 22.3. The van der Waals surface area contributed by atoms with Gasteiger partial charge >= 0.3 is 18.1 Å². The van der Waals surface area contributed by atoms with Crippen LogP contribution in [0, 0.1) is 5.92 Å². The van der Waals surface area contributed by atoms with Crippen molar-refractivity contribution in [2.45, 2.75) is 32.0 Å². The van der Waals surface area contributed by atoms with E-state index < -0.39 is 30.0 Å². The van der Waals surface area contributed by atoms with Crippen LogP contribution in [0.5, 0.6) is 0 Å². The number of nitrogens with one attached hydrogen (secondary N) is 1. The van der Waals surface area contributed by atoms with Gasteiger partial charge in [0.2, 0.25) is 0 Å². The molecule has 0 fully saturated rings. The molecule has 21 heavy (non-hydrogen) atoms. The normalized spacial score (nSPS) is 14.6. The van der Waals surface area contributed by atoms with Crippen molar-refractivity contribution in [3.63, 3.8) is 0 Å². The molecule has 2 unspecified atom stereocenters. The second-order valence-electron chi connectivity index (χ2n) is 4.97. The molecular formula is C14H16F3NO3. The molecule has 0 radical (unpaired) electrons. The minimum absolute atomic E-state index is 0.276. The van der Waals surface area contributed by atoms with E-state index in [4.69, 9.17) is 0 Å². The minimum atomic E-state index is -5.12. The van der Waals surface area contributed by atoms with Crippen molar-refractivity contribution in [1.82, 2.24) is 5.32 Å². The van der Waals surface area contributed by atoms with Gasteiger partial charge in [-0.1, -0.05) is 44.2 Å². The van der Waals surface area contributed by atoms with Crippen LogP contribution in [0.4, 0.5) is 13.2 Å². The minimum Gasteiger partial charge on any atom is -0.480 e. The first-order valence-corrected chi connectivity index (χ1v) is 6.30. The fourth-order valence-corrected chi connectivity index (χ4v) is 2.17. The lowest BCUT2D eigenvalue weighted by molar-refractivity contribution is -0.175. The third-order valence-electron chi connectivity index (χ3n) is 3.07. The van der Waals surface area contributed by atoms with E-state index in [9.17, 15) is 27.9 Å². The lowest BCUT2D eigenvalue weighted by Gasteiger charge is -2.28. The first-order valence-electron chi connectivity index (χ1n) is 6.30. The number of benzene rings is 1. The fraction of sp³-hybridized carbons (Fsp3) is 0.429. The van der Waals surface area contributed by atoms with Crippen molar-refractivity contribution >= 4 is 11.9 Å². The molecule has 1 aromatic rings. The molecule has 0 aliphatic carbocycles. The van der Waals surface area contributed by atoms with Gasteiger partial charge in [0.05, 0.1) is 0 Å². The Balaban J connectivity index is 3.11. The highest BCUT2D eigenvalue weighted by atomic mass is 19.4. The predicted molar refractivity (Wildman–Crippen MR) is 69.6 cm³/mol.